The van der Waals surface area contributed by atoms with Gasteiger partial charge in [0.1, 0.15) is 0 Å². The number of hydrogen-bond donors (Lipinski definition) is 1. The SMILES string of the molecule is COc1cc(C(=O)Nc2ccc3nc(SC)sc3c2)ccc1OC(F)F. The third-order valence-electron chi connectivity index (χ3n) is 3.44. The number of fused-ring (bicyclic) bond motifs is 1. The number of rotatable bonds is 6. The molecule has 1 aromatic heterocycles. The van der Waals surface area contributed by atoms with Gasteiger partial charge in [-0.1, -0.05) is 11.8 Å². The summed E-state index contributed by atoms with van der Waals surface area (Å²) in [5.74, 6) is -0.462. The van der Waals surface area contributed by atoms with Gasteiger partial charge in [0, 0.05) is 11.3 Å². The average molecular weight is 396 g/mol. The monoisotopic (exact) mass is 396 g/mol. The van der Waals surface area contributed by atoms with Crippen molar-refractivity contribution in [3.8, 4) is 11.5 Å². The zero-order valence-corrected chi connectivity index (χ0v) is 15.4. The van der Waals surface area contributed by atoms with E-state index in [0.717, 1.165) is 14.6 Å². The van der Waals surface area contributed by atoms with Gasteiger partial charge in [0.05, 0.1) is 17.3 Å². The van der Waals surface area contributed by atoms with E-state index in [1.807, 2.05) is 18.4 Å². The van der Waals surface area contributed by atoms with E-state index in [-0.39, 0.29) is 23.0 Å². The van der Waals surface area contributed by atoms with Crippen LogP contribution in [0.4, 0.5) is 14.5 Å². The molecule has 26 heavy (non-hydrogen) atoms. The first-order valence-corrected chi connectivity index (χ1v) is 9.43. The van der Waals surface area contributed by atoms with Crippen LogP contribution in [0, 0.1) is 0 Å². The van der Waals surface area contributed by atoms with Gasteiger partial charge in [-0.15, -0.1) is 11.3 Å². The van der Waals surface area contributed by atoms with Crippen LogP contribution in [0.25, 0.3) is 10.2 Å². The summed E-state index contributed by atoms with van der Waals surface area (Å²) >= 11 is 3.10. The molecular formula is C17H14F2N2O3S2. The molecule has 9 heteroatoms. The number of halogens is 2. The number of methoxy groups -OCH3 is 1. The summed E-state index contributed by atoms with van der Waals surface area (Å²) in [5, 5.41) is 2.78. The van der Waals surface area contributed by atoms with E-state index in [2.05, 4.69) is 15.0 Å². The second-order valence-electron chi connectivity index (χ2n) is 5.06. The van der Waals surface area contributed by atoms with Gasteiger partial charge in [-0.05, 0) is 42.7 Å². The number of carbonyl (C=O) groups is 1. The van der Waals surface area contributed by atoms with E-state index in [0.29, 0.717) is 5.69 Å². The Hall–Kier alpha value is -2.39. The summed E-state index contributed by atoms with van der Waals surface area (Å²) < 4.78 is 36.0. The van der Waals surface area contributed by atoms with E-state index < -0.39 is 6.61 Å². The lowest BCUT2D eigenvalue weighted by molar-refractivity contribution is -0.0512. The molecule has 2 aromatic carbocycles. The van der Waals surface area contributed by atoms with Crippen molar-refractivity contribution in [2.75, 3.05) is 18.7 Å². The minimum atomic E-state index is -2.97. The predicted octanol–water partition coefficient (Wildman–Crippen LogP) is 4.88. The number of carbonyl (C=O) groups excluding carboxylic acids is 1. The molecule has 0 radical (unpaired) electrons. The number of thioether (sulfide) groups is 1. The Morgan fingerprint density at radius 2 is 2.04 bits per heavy atom. The van der Waals surface area contributed by atoms with Crippen LogP contribution in [0.3, 0.4) is 0 Å². The lowest BCUT2D eigenvalue weighted by Gasteiger charge is -2.11. The molecule has 0 atom stereocenters. The highest BCUT2D eigenvalue weighted by Gasteiger charge is 2.15. The van der Waals surface area contributed by atoms with Crippen molar-refractivity contribution in [1.82, 2.24) is 4.98 Å². The van der Waals surface area contributed by atoms with Crippen LogP contribution >= 0.6 is 23.1 Å². The van der Waals surface area contributed by atoms with Crippen molar-refractivity contribution < 1.29 is 23.0 Å². The highest BCUT2D eigenvalue weighted by Crippen LogP contribution is 2.31. The summed E-state index contributed by atoms with van der Waals surface area (Å²) in [4.78, 5) is 16.9. The summed E-state index contributed by atoms with van der Waals surface area (Å²) in [6.45, 7) is -2.97. The summed E-state index contributed by atoms with van der Waals surface area (Å²) in [6.07, 6.45) is 1.95. The second-order valence-corrected chi connectivity index (χ2v) is 7.15. The van der Waals surface area contributed by atoms with E-state index in [9.17, 15) is 13.6 Å². The number of alkyl halides is 2. The molecule has 0 fully saturated rings. The zero-order chi connectivity index (χ0) is 18.7. The first-order valence-electron chi connectivity index (χ1n) is 7.39. The van der Waals surface area contributed by atoms with E-state index in [1.54, 1.807) is 29.2 Å². The predicted molar refractivity (Wildman–Crippen MR) is 99.0 cm³/mol. The van der Waals surface area contributed by atoms with Crippen LogP contribution in [0.15, 0.2) is 40.7 Å². The number of thiazole rings is 1. The molecule has 1 heterocycles. The average Bonchev–Trinajstić information content (AvgIpc) is 3.04. The van der Waals surface area contributed by atoms with Gasteiger partial charge in [0.15, 0.2) is 15.8 Å². The molecule has 136 valence electrons. The minimum Gasteiger partial charge on any atom is -0.493 e. The molecule has 0 unspecified atom stereocenters. The van der Waals surface area contributed by atoms with Crippen molar-refractivity contribution in [2.45, 2.75) is 11.0 Å². The quantitative estimate of drug-likeness (QED) is 0.602. The van der Waals surface area contributed by atoms with Crippen LogP contribution < -0.4 is 14.8 Å². The molecule has 3 aromatic rings. The van der Waals surface area contributed by atoms with E-state index >= 15 is 0 Å². The number of nitrogens with one attached hydrogen (secondary N) is 1. The second kappa shape index (κ2) is 7.88. The number of amides is 1. The lowest BCUT2D eigenvalue weighted by Crippen LogP contribution is -2.12. The number of hydrogen-bond acceptors (Lipinski definition) is 6. The molecular weight excluding hydrogens is 382 g/mol. The Morgan fingerprint density at radius 3 is 2.73 bits per heavy atom. The summed E-state index contributed by atoms with van der Waals surface area (Å²) in [7, 11) is 1.32. The Labute approximate surface area is 156 Å². The summed E-state index contributed by atoms with van der Waals surface area (Å²) in [6, 6.07) is 9.46. The molecule has 1 amide bonds. The van der Waals surface area contributed by atoms with Crippen LogP contribution in [-0.2, 0) is 0 Å². The van der Waals surface area contributed by atoms with Gasteiger partial charge in [0.2, 0.25) is 0 Å². The number of aromatic nitrogens is 1. The molecule has 0 aliphatic carbocycles. The van der Waals surface area contributed by atoms with Gasteiger partial charge in [-0.3, -0.25) is 4.79 Å². The summed E-state index contributed by atoms with van der Waals surface area (Å²) in [5.41, 5.74) is 1.75. The number of anilines is 1. The molecule has 0 spiro atoms. The third-order valence-corrected chi connectivity index (χ3v) is 5.45. The smallest absolute Gasteiger partial charge is 0.387 e. The van der Waals surface area contributed by atoms with Crippen molar-refractivity contribution in [3.05, 3.63) is 42.0 Å². The highest BCUT2D eigenvalue weighted by atomic mass is 32.2. The number of benzene rings is 2. The Balaban J connectivity index is 1.81. The molecule has 0 saturated heterocycles. The van der Waals surface area contributed by atoms with E-state index in [4.69, 9.17) is 4.74 Å². The largest absolute Gasteiger partial charge is 0.493 e. The molecule has 0 bridgehead atoms. The van der Waals surface area contributed by atoms with Gasteiger partial charge in [0.25, 0.3) is 5.91 Å². The van der Waals surface area contributed by atoms with Crippen LogP contribution in [0.1, 0.15) is 10.4 Å². The zero-order valence-electron chi connectivity index (χ0n) is 13.8. The van der Waals surface area contributed by atoms with Gasteiger partial charge in [-0.25, -0.2) is 4.98 Å². The maximum atomic E-state index is 12.4. The minimum absolute atomic E-state index is 0.0560. The normalized spacial score (nSPS) is 11.0. The maximum Gasteiger partial charge on any atom is 0.387 e. The third kappa shape index (κ3) is 4.05. The Kier molecular flexibility index (Phi) is 5.58. The number of ether oxygens (including phenoxy) is 2. The molecule has 1 N–H and O–H groups in total. The van der Waals surface area contributed by atoms with Gasteiger partial charge in [-0.2, -0.15) is 8.78 Å². The molecule has 3 rings (SSSR count). The van der Waals surface area contributed by atoms with Gasteiger partial charge >= 0.3 is 6.61 Å². The van der Waals surface area contributed by atoms with Crippen LogP contribution in [-0.4, -0.2) is 30.9 Å². The van der Waals surface area contributed by atoms with Crippen LogP contribution in [0.5, 0.6) is 11.5 Å². The van der Waals surface area contributed by atoms with Gasteiger partial charge < -0.3 is 14.8 Å². The van der Waals surface area contributed by atoms with Crippen molar-refractivity contribution >= 4 is 44.9 Å². The van der Waals surface area contributed by atoms with Crippen LogP contribution in [0.2, 0.25) is 0 Å². The highest BCUT2D eigenvalue weighted by molar-refractivity contribution is 8.00. The first-order chi connectivity index (χ1) is 12.5. The maximum absolute atomic E-state index is 12.4. The number of nitrogens with zero attached hydrogens (tertiary/aromatic N) is 1. The fraction of sp³-hybridized carbons (Fsp3) is 0.176. The molecule has 0 saturated carbocycles. The van der Waals surface area contributed by atoms with Crippen molar-refractivity contribution in [1.29, 1.82) is 0 Å². The Bertz CT molecular complexity index is 947. The Morgan fingerprint density at radius 1 is 1.23 bits per heavy atom. The molecule has 0 aliphatic rings. The first kappa shape index (κ1) is 18.4. The molecule has 5 nitrogen and oxygen atoms in total. The fourth-order valence-electron chi connectivity index (χ4n) is 2.27. The fourth-order valence-corrected chi connectivity index (χ4v) is 3.80. The van der Waals surface area contributed by atoms with E-state index in [1.165, 1.54) is 25.3 Å². The van der Waals surface area contributed by atoms with Crippen molar-refractivity contribution in [3.63, 3.8) is 0 Å². The standard InChI is InChI=1S/C17H14F2N2O3S2/c1-23-13-7-9(3-6-12(13)24-16(18)19)15(22)20-10-4-5-11-14(8-10)26-17(21-11)25-2/h3-8,16H,1-2H3,(H,20,22). The lowest BCUT2D eigenvalue weighted by atomic mass is 10.2. The topological polar surface area (TPSA) is 60.5 Å². The van der Waals surface area contributed by atoms with Crippen molar-refractivity contribution in [2.24, 2.45) is 0 Å². The molecule has 0 aliphatic heterocycles.